The fourth-order valence-corrected chi connectivity index (χ4v) is 3.65. The Balaban J connectivity index is 1.45. The van der Waals surface area contributed by atoms with E-state index in [0.717, 1.165) is 23.7 Å². The van der Waals surface area contributed by atoms with Crippen molar-refractivity contribution in [2.45, 2.75) is 44.6 Å². The molecule has 4 rings (SSSR count). The summed E-state index contributed by atoms with van der Waals surface area (Å²) in [7, 11) is 0. The van der Waals surface area contributed by atoms with E-state index in [4.69, 9.17) is 14.5 Å². The van der Waals surface area contributed by atoms with E-state index >= 15 is 0 Å². The van der Waals surface area contributed by atoms with Crippen LogP contribution in [0.2, 0.25) is 0 Å². The highest BCUT2D eigenvalue weighted by atomic mass is 16.5. The number of nitrogens with zero attached hydrogens (tertiary/aromatic N) is 3. The van der Waals surface area contributed by atoms with Crippen LogP contribution in [-0.4, -0.2) is 42.6 Å². The number of hydrogen-bond donors (Lipinski definition) is 0. The minimum Gasteiger partial charge on any atom is -0.474 e. The minimum atomic E-state index is 0.290. The summed E-state index contributed by atoms with van der Waals surface area (Å²) < 4.78 is 11.3. The van der Waals surface area contributed by atoms with E-state index in [-0.39, 0.29) is 0 Å². The maximum absolute atomic E-state index is 5.82. The van der Waals surface area contributed by atoms with Gasteiger partial charge in [0.05, 0.1) is 12.6 Å². The highest BCUT2D eigenvalue weighted by Crippen LogP contribution is 2.29. The predicted octanol–water partition coefficient (Wildman–Crippen LogP) is 2.97. The van der Waals surface area contributed by atoms with Crippen molar-refractivity contribution < 1.29 is 9.47 Å². The van der Waals surface area contributed by atoms with E-state index < -0.39 is 0 Å². The first kappa shape index (κ1) is 14.7. The molecule has 3 heterocycles. The highest BCUT2D eigenvalue weighted by Gasteiger charge is 2.25. The summed E-state index contributed by atoms with van der Waals surface area (Å²) in [6.45, 7) is 2.04. The molecule has 0 saturated heterocycles. The molecule has 1 atom stereocenters. The van der Waals surface area contributed by atoms with E-state index in [1.807, 2.05) is 18.2 Å². The normalized spacial score (nSPS) is 24.8. The molecule has 1 aliphatic carbocycles. The van der Waals surface area contributed by atoms with Gasteiger partial charge in [-0.3, -0.25) is 0 Å². The van der Waals surface area contributed by atoms with Crippen LogP contribution < -0.4 is 0 Å². The molecule has 2 aliphatic heterocycles. The Bertz CT molecular complexity index is 620. The third kappa shape index (κ3) is 3.38. The summed E-state index contributed by atoms with van der Waals surface area (Å²) in [5.74, 6) is 2.12. The van der Waals surface area contributed by atoms with Crippen molar-refractivity contribution in [3.8, 4) is 0 Å². The minimum absolute atomic E-state index is 0.290. The molecule has 0 spiro atoms. The molecule has 3 aliphatic rings. The quantitative estimate of drug-likeness (QED) is 0.858. The van der Waals surface area contributed by atoms with Crippen LogP contribution in [0.1, 0.15) is 49.9 Å². The summed E-state index contributed by atoms with van der Waals surface area (Å²) in [6, 6.07) is 6.12. The molecular formula is C18H23N3O2. The van der Waals surface area contributed by atoms with Gasteiger partial charge in [-0.1, -0.05) is 38.2 Å². The predicted molar refractivity (Wildman–Crippen MR) is 89.1 cm³/mol. The molecule has 5 nitrogen and oxygen atoms in total. The van der Waals surface area contributed by atoms with Crippen molar-refractivity contribution in [3.05, 3.63) is 29.6 Å². The summed E-state index contributed by atoms with van der Waals surface area (Å²) in [4.78, 5) is 13.7. The number of aliphatic imine (C=N–C) groups is 2. The standard InChI is InChI=1S/C18H23N3O2/c1-2-5-13(6-3-1)11-14-12-23-18(20-14)16-8-4-7-15(21-16)17-19-9-10-22-17/h4,7-8,13-14H,1-3,5-6,9-12H2. The molecule has 1 saturated carbocycles. The van der Waals surface area contributed by atoms with Crippen LogP contribution >= 0.6 is 0 Å². The summed E-state index contributed by atoms with van der Waals surface area (Å²) in [5.41, 5.74) is 1.55. The summed E-state index contributed by atoms with van der Waals surface area (Å²) in [6.07, 6.45) is 8.01. The van der Waals surface area contributed by atoms with Gasteiger partial charge in [0, 0.05) is 0 Å². The van der Waals surface area contributed by atoms with Gasteiger partial charge in [-0.2, -0.15) is 0 Å². The van der Waals surface area contributed by atoms with Gasteiger partial charge in [0.25, 0.3) is 0 Å². The Kier molecular flexibility index (Phi) is 4.26. The van der Waals surface area contributed by atoms with Gasteiger partial charge in [0.2, 0.25) is 11.8 Å². The average Bonchev–Trinajstić information content (AvgIpc) is 3.28. The van der Waals surface area contributed by atoms with Gasteiger partial charge < -0.3 is 9.47 Å². The molecule has 5 heteroatoms. The molecule has 0 N–H and O–H groups in total. The van der Waals surface area contributed by atoms with Crippen LogP contribution in [0, 0.1) is 5.92 Å². The molecule has 0 aromatic carbocycles. The van der Waals surface area contributed by atoms with E-state index in [1.165, 1.54) is 32.1 Å². The van der Waals surface area contributed by atoms with Gasteiger partial charge in [-0.05, 0) is 24.5 Å². The number of ether oxygens (including phenoxy) is 2. The maximum Gasteiger partial charge on any atom is 0.235 e. The van der Waals surface area contributed by atoms with E-state index in [2.05, 4.69) is 9.98 Å². The van der Waals surface area contributed by atoms with Crippen LogP contribution in [0.25, 0.3) is 0 Å². The molecule has 1 aromatic heterocycles. The monoisotopic (exact) mass is 313 g/mol. The smallest absolute Gasteiger partial charge is 0.235 e. The van der Waals surface area contributed by atoms with E-state index in [0.29, 0.717) is 37.6 Å². The molecule has 23 heavy (non-hydrogen) atoms. The first-order valence-corrected chi connectivity index (χ1v) is 8.74. The van der Waals surface area contributed by atoms with Crippen LogP contribution in [0.3, 0.4) is 0 Å². The van der Waals surface area contributed by atoms with Crippen molar-refractivity contribution >= 4 is 11.8 Å². The van der Waals surface area contributed by atoms with Gasteiger partial charge in [0.15, 0.2) is 0 Å². The Morgan fingerprint density at radius 1 is 1.00 bits per heavy atom. The zero-order valence-electron chi connectivity index (χ0n) is 13.4. The van der Waals surface area contributed by atoms with Crippen molar-refractivity contribution in [1.82, 2.24) is 4.98 Å². The number of rotatable bonds is 4. The zero-order chi connectivity index (χ0) is 15.5. The topological polar surface area (TPSA) is 56.1 Å². The molecule has 122 valence electrons. The average molecular weight is 313 g/mol. The van der Waals surface area contributed by atoms with Crippen molar-refractivity contribution in [3.63, 3.8) is 0 Å². The second-order valence-corrected chi connectivity index (χ2v) is 6.58. The fourth-order valence-electron chi connectivity index (χ4n) is 3.65. The van der Waals surface area contributed by atoms with Gasteiger partial charge in [0.1, 0.15) is 24.6 Å². The lowest BCUT2D eigenvalue weighted by Gasteiger charge is -2.22. The number of pyridine rings is 1. The Labute approximate surface area is 136 Å². The summed E-state index contributed by atoms with van der Waals surface area (Å²) in [5, 5.41) is 0. The Morgan fingerprint density at radius 2 is 1.83 bits per heavy atom. The summed E-state index contributed by atoms with van der Waals surface area (Å²) >= 11 is 0. The highest BCUT2D eigenvalue weighted by molar-refractivity contribution is 5.97. The van der Waals surface area contributed by atoms with Crippen LogP contribution in [0.5, 0.6) is 0 Å². The maximum atomic E-state index is 5.82. The van der Waals surface area contributed by atoms with E-state index in [9.17, 15) is 0 Å². The second kappa shape index (κ2) is 6.69. The Morgan fingerprint density at radius 3 is 2.61 bits per heavy atom. The first-order chi connectivity index (χ1) is 11.4. The molecule has 0 radical (unpaired) electrons. The van der Waals surface area contributed by atoms with Gasteiger partial charge >= 0.3 is 0 Å². The van der Waals surface area contributed by atoms with Crippen molar-refractivity contribution in [2.24, 2.45) is 15.9 Å². The lowest BCUT2D eigenvalue weighted by molar-refractivity contribution is 0.267. The third-order valence-electron chi connectivity index (χ3n) is 4.82. The third-order valence-corrected chi connectivity index (χ3v) is 4.82. The lowest BCUT2D eigenvalue weighted by atomic mass is 9.85. The van der Waals surface area contributed by atoms with Crippen LogP contribution in [0.15, 0.2) is 28.2 Å². The largest absolute Gasteiger partial charge is 0.474 e. The molecule has 0 amide bonds. The van der Waals surface area contributed by atoms with Gasteiger partial charge in [-0.25, -0.2) is 15.0 Å². The molecule has 1 aromatic rings. The molecular weight excluding hydrogens is 290 g/mol. The lowest BCUT2D eigenvalue weighted by Crippen LogP contribution is -2.15. The van der Waals surface area contributed by atoms with Gasteiger partial charge in [-0.15, -0.1) is 0 Å². The second-order valence-electron chi connectivity index (χ2n) is 6.58. The Hall–Kier alpha value is -1.91. The molecule has 1 unspecified atom stereocenters. The first-order valence-electron chi connectivity index (χ1n) is 8.74. The van der Waals surface area contributed by atoms with Crippen LogP contribution in [-0.2, 0) is 9.47 Å². The molecule has 1 fully saturated rings. The van der Waals surface area contributed by atoms with E-state index in [1.54, 1.807) is 0 Å². The molecule has 0 bridgehead atoms. The zero-order valence-corrected chi connectivity index (χ0v) is 13.4. The van der Waals surface area contributed by atoms with Crippen LogP contribution in [0.4, 0.5) is 0 Å². The van der Waals surface area contributed by atoms with Crippen molar-refractivity contribution in [2.75, 3.05) is 19.8 Å². The van der Waals surface area contributed by atoms with Crippen molar-refractivity contribution in [1.29, 1.82) is 0 Å². The fraction of sp³-hybridized carbons (Fsp3) is 0.611. The SMILES string of the molecule is c1cc(C2=NCCO2)nc(C2=NC(CC3CCCCC3)CO2)c1. The number of aromatic nitrogens is 1. The number of hydrogen-bond acceptors (Lipinski definition) is 5.